The Morgan fingerprint density at radius 1 is 1.11 bits per heavy atom. The van der Waals surface area contributed by atoms with Gasteiger partial charge in [-0.2, -0.15) is 8.78 Å². The molecule has 0 aliphatic rings. The first-order chi connectivity index (χ1) is 17.3. The molecule has 36 heavy (non-hydrogen) atoms. The van der Waals surface area contributed by atoms with Crippen molar-refractivity contribution in [1.82, 2.24) is 4.98 Å². The van der Waals surface area contributed by atoms with Crippen LogP contribution in [0.1, 0.15) is 36.5 Å². The van der Waals surface area contributed by atoms with E-state index in [-0.39, 0.29) is 12.4 Å². The predicted octanol–water partition coefficient (Wildman–Crippen LogP) is 7.37. The van der Waals surface area contributed by atoms with Crippen LogP contribution in [0.3, 0.4) is 0 Å². The molecular weight excluding hydrogens is 492 g/mol. The summed E-state index contributed by atoms with van der Waals surface area (Å²) in [7, 11) is 0. The number of nitrogens with zero attached hydrogens (tertiary/aromatic N) is 1. The van der Waals surface area contributed by atoms with Gasteiger partial charge in [0.05, 0.1) is 17.8 Å². The van der Waals surface area contributed by atoms with Gasteiger partial charge in [-0.25, -0.2) is 9.78 Å². The van der Waals surface area contributed by atoms with Gasteiger partial charge in [0.25, 0.3) is 0 Å². The lowest BCUT2D eigenvalue weighted by Crippen LogP contribution is -2.02. The SMILES string of the molecule is CCCCOC(=O)C=Cc1cc(C)c(Oc2ccc(OCc3ccc(OC(F)F)cc3)cn2)c(Cl)c1. The summed E-state index contributed by atoms with van der Waals surface area (Å²) in [5.41, 5.74) is 2.29. The van der Waals surface area contributed by atoms with E-state index in [0.717, 1.165) is 29.5 Å². The highest BCUT2D eigenvalue weighted by Crippen LogP contribution is 2.34. The second-order valence-electron chi connectivity index (χ2n) is 7.75. The Labute approximate surface area is 213 Å². The van der Waals surface area contributed by atoms with Crippen LogP contribution in [0.4, 0.5) is 8.78 Å². The summed E-state index contributed by atoms with van der Waals surface area (Å²) in [5.74, 6) is 0.960. The Morgan fingerprint density at radius 3 is 2.50 bits per heavy atom. The zero-order valence-electron chi connectivity index (χ0n) is 19.9. The van der Waals surface area contributed by atoms with Crippen LogP contribution in [-0.2, 0) is 16.1 Å². The molecule has 0 amide bonds. The maximum absolute atomic E-state index is 12.2. The van der Waals surface area contributed by atoms with Gasteiger partial charge in [0.1, 0.15) is 18.1 Å². The third-order valence-corrected chi connectivity index (χ3v) is 5.16. The van der Waals surface area contributed by atoms with E-state index in [2.05, 4.69) is 9.72 Å². The molecule has 0 spiro atoms. The molecule has 1 aromatic heterocycles. The number of carbonyl (C=O) groups is 1. The van der Waals surface area contributed by atoms with Gasteiger partial charge in [0, 0.05) is 12.1 Å². The third kappa shape index (κ3) is 8.53. The van der Waals surface area contributed by atoms with Gasteiger partial charge in [-0.05, 0) is 66.4 Å². The van der Waals surface area contributed by atoms with E-state index in [4.69, 9.17) is 25.8 Å². The number of aryl methyl sites for hydroxylation is 1. The molecule has 0 fully saturated rings. The molecule has 1 heterocycles. The van der Waals surface area contributed by atoms with Crippen LogP contribution in [0.15, 0.2) is 60.8 Å². The van der Waals surface area contributed by atoms with Crippen molar-refractivity contribution in [2.75, 3.05) is 6.61 Å². The van der Waals surface area contributed by atoms with Gasteiger partial charge in [0.15, 0.2) is 5.75 Å². The van der Waals surface area contributed by atoms with Crippen molar-refractivity contribution in [1.29, 1.82) is 0 Å². The zero-order chi connectivity index (χ0) is 25.9. The Hall–Kier alpha value is -3.65. The van der Waals surface area contributed by atoms with Crippen molar-refractivity contribution < 1.29 is 32.5 Å². The van der Waals surface area contributed by atoms with Gasteiger partial charge in [0.2, 0.25) is 5.88 Å². The number of halogens is 3. The van der Waals surface area contributed by atoms with E-state index in [1.54, 1.807) is 36.4 Å². The average Bonchev–Trinajstić information content (AvgIpc) is 2.85. The van der Waals surface area contributed by atoms with Crippen LogP contribution in [0.25, 0.3) is 6.08 Å². The number of unbranched alkanes of at least 4 members (excludes halogenated alkanes) is 1. The highest BCUT2D eigenvalue weighted by Gasteiger charge is 2.10. The lowest BCUT2D eigenvalue weighted by Gasteiger charge is -2.12. The van der Waals surface area contributed by atoms with Gasteiger partial charge in [-0.15, -0.1) is 0 Å². The van der Waals surface area contributed by atoms with Gasteiger partial charge >= 0.3 is 12.6 Å². The topological polar surface area (TPSA) is 66.9 Å². The van der Waals surface area contributed by atoms with E-state index in [1.165, 1.54) is 24.4 Å². The lowest BCUT2D eigenvalue weighted by atomic mass is 10.1. The van der Waals surface area contributed by atoms with Crippen LogP contribution in [0, 0.1) is 6.92 Å². The summed E-state index contributed by atoms with van der Waals surface area (Å²) in [6, 6.07) is 13.1. The van der Waals surface area contributed by atoms with Crippen LogP contribution in [0.2, 0.25) is 5.02 Å². The van der Waals surface area contributed by atoms with Crippen molar-refractivity contribution in [3.05, 3.63) is 82.5 Å². The number of hydrogen-bond acceptors (Lipinski definition) is 6. The molecule has 2 aromatic carbocycles. The van der Waals surface area contributed by atoms with Gasteiger partial charge in [-0.1, -0.05) is 37.1 Å². The fourth-order valence-electron chi connectivity index (χ4n) is 3.06. The van der Waals surface area contributed by atoms with Crippen LogP contribution >= 0.6 is 11.6 Å². The predicted molar refractivity (Wildman–Crippen MR) is 133 cm³/mol. The molecule has 3 aromatic rings. The second kappa shape index (κ2) is 13.4. The molecule has 0 saturated carbocycles. The number of aromatic nitrogens is 1. The minimum Gasteiger partial charge on any atom is -0.487 e. The third-order valence-electron chi connectivity index (χ3n) is 4.88. The van der Waals surface area contributed by atoms with Gasteiger partial charge in [-0.3, -0.25) is 0 Å². The molecule has 0 N–H and O–H groups in total. The van der Waals surface area contributed by atoms with E-state index in [1.807, 2.05) is 19.9 Å². The fourth-order valence-corrected chi connectivity index (χ4v) is 3.38. The fraction of sp³-hybridized carbons (Fsp3) is 0.259. The molecule has 0 atom stereocenters. The summed E-state index contributed by atoms with van der Waals surface area (Å²) in [5, 5.41) is 0.371. The van der Waals surface area contributed by atoms with Crippen LogP contribution in [0.5, 0.6) is 23.1 Å². The molecule has 0 radical (unpaired) electrons. The molecule has 0 saturated heterocycles. The number of carbonyl (C=O) groups excluding carboxylic acids is 1. The lowest BCUT2D eigenvalue weighted by molar-refractivity contribution is -0.137. The first-order valence-corrected chi connectivity index (χ1v) is 11.7. The average molecular weight is 518 g/mol. The monoisotopic (exact) mass is 517 g/mol. The number of benzene rings is 2. The quantitative estimate of drug-likeness (QED) is 0.142. The van der Waals surface area contributed by atoms with Crippen molar-refractivity contribution in [2.45, 2.75) is 39.9 Å². The van der Waals surface area contributed by atoms with Gasteiger partial charge < -0.3 is 18.9 Å². The number of hydrogen-bond donors (Lipinski definition) is 0. The zero-order valence-corrected chi connectivity index (χ0v) is 20.6. The summed E-state index contributed by atoms with van der Waals surface area (Å²) < 4.78 is 45.4. The highest BCUT2D eigenvalue weighted by molar-refractivity contribution is 6.32. The maximum atomic E-state index is 12.2. The molecular formula is C27H26ClF2NO5. The number of ether oxygens (including phenoxy) is 4. The minimum absolute atomic E-state index is 0.0832. The minimum atomic E-state index is -2.86. The first-order valence-electron chi connectivity index (χ1n) is 11.3. The highest BCUT2D eigenvalue weighted by atomic mass is 35.5. The molecule has 9 heteroatoms. The van der Waals surface area contributed by atoms with Crippen LogP contribution in [-0.4, -0.2) is 24.2 Å². The summed E-state index contributed by atoms with van der Waals surface area (Å²) in [6.45, 7) is 1.63. The number of rotatable bonds is 12. The second-order valence-corrected chi connectivity index (χ2v) is 8.16. The Balaban J connectivity index is 1.56. The number of pyridine rings is 1. The molecule has 190 valence electrons. The first kappa shape index (κ1) is 26.9. The van der Waals surface area contributed by atoms with Crippen molar-refractivity contribution in [3.63, 3.8) is 0 Å². The van der Waals surface area contributed by atoms with E-state index >= 15 is 0 Å². The molecule has 0 bridgehead atoms. The normalized spacial score (nSPS) is 11.1. The smallest absolute Gasteiger partial charge is 0.387 e. The number of esters is 1. The van der Waals surface area contributed by atoms with Crippen molar-refractivity contribution >= 4 is 23.6 Å². The molecule has 6 nitrogen and oxygen atoms in total. The summed E-state index contributed by atoms with van der Waals surface area (Å²) >= 11 is 6.41. The van der Waals surface area contributed by atoms with Crippen LogP contribution < -0.4 is 14.2 Å². The van der Waals surface area contributed by atoms with Crippen molar-refractivity contribution in [3.8, 4) is 23.1 Å². The molecule has 3 rings (SSSR count). The Bertz CT molecular complexity index is 1140. The van der Waals surface area contributed by atoms with Crippen molar-refractivity contribution in [2.24, 2.45) is 0 Å². The summed E-state index contributed by atoms with van der Waals surface area (Å²) in [6.07, 6.45) is 6.30. The largest absolute Gasteiger partial charge is 0.487 e. The molecule has 0 aliphatic heterocycles. The summed E-state index contributed by atoms with van der Waals surface area (Å²) in [4.78, 5) is 16.0. The maximum Gasteiger partial charge on any atom is 0.387 e. The Kier molecular flexibility index (Phi) is 10.1. The standard InChI is InChI=1S/C27H26ClF2NO5/c1-3-4-13-33-25(32)12-7-20-14-18(2)26(23(28)15-20)36-24-11-10-22(16-31-24)34-17-19-5-8-21(9-6-19)35-27(29)30/h5-12,14-16,27H,3-4,13,17H2,1-2H3. The van der Waals surface area contributed by atoms with E-state index in [0.29, 0.717) is 29.0 Å². The Morgan fingerprint density at radius 2 is 1.86 bits per heavy atom. The molecule has 0 unspecified atom stereocenters. The van der Waals surface area contributed by atoms with E-state index < -0.39 is 12.6 Å². The van der Waals surface area contributed by atoms with E-state index in [9.17, 15) is 13.6 Å². The number of alkyl halides is 2. The molecule has 0 aliphatic carbocycles.